The van der Waals surface area contributed by atoms with Crippen molar-refractivity contribution in [3.8, 4) is 0 Å². The van der Waals surface area contributed by atoms with Gasteiger partial charge < -0.3 is 19.7 Å². The van der Waals surface area contributed by atoms with Gasteiger partial charge in [0.1, 0.15) is 0 Å². The second-order valence-electron chi connectivity index (χ2n) is 9.13. The van der Waals surface area contributed by atoms with Crippen LogP contribution < -0.4 is 5.32 Å². The number of likely N-dealkylation sites (tertiary alicyclic amines) is 1. The predicted molar refractivity (Wildman–Crippen MR) is 126 cm³/mol. The molecule has 6 nitrogen and oxygen atoms in total. The number of nitrogens with zero attached hydrogens (tertiary/aromatic N) is 3. The molecule has 0 saturated carbocycles. The maximum absolute atomic E-state index is 6.16. The van der Waals surface area contributed by atoms with Gasteiger partial charge in [0.05, 0.1) is 18.8 Å². The zero-order valence-electron chi connectivity index (χ0n) is 19.2. The summed E-state index contributed by atoms with van der Waals surface area (Å²) in [6.07, 6.45) is 8.76. The Bertz CT molecular complexity index is 697. The molecule has 0 aromatic heterocycles. The number of aliphatic imine (C=N–C) groups is 1. The molecule has 0 spiro atoms. The zero-order valence-corrected chi connectivity index (χ0v) is 19.2. The van der Waals surface area contributed by atoms with Gasteiger partial charge in [-0.3, -0.25) is 9.89 Å². The van der Waals surface area contributed by atoms with Gasteiger partial charge in [-0.15, -0.1) is 0 Å². The van der Waals surface area contributed by atoms with Gasteiger partial charge in [-0.05, 0) is 56.1 Å². The van der Waals surface area contributed by atoms with Crippen LogP contribution in [-0.2, 0) is 22.4 Å². The van der Waals surface area contributed by atoms with Crippen molar-refractivity contribution in [1.82, 2.24) is 15.1 Å². The van der Waals surface area contributed by atoms with E-state index in [1.54, 1.807) is 0 Å². The largest absolute Gasteiger partial charge is 0.376 e. The van der Waals surface area contributed by atoms with Crippen molar-refractivity contribution in [3.05, 3.63) is 35.4 Å². The second-order valence-corrected chi connectivity index (χ2v) is 9.13. The van der Waals surface area contributed by atoms with Crippen LogP contribution in [0.3, 0.4) is 0 Å². The Hall–Kier alpha value is -1.63. The van der Waals surface area contributed by atoms with E-state index in [1.165, 1.54) is 36.9 Å². The maximum Gasteiger partial charge on any atom is 0.193 e. The SMILES string of the molecule is CN=C(NCCCN1CCc2ccccc2C1)N1CCC(OCC2CCCCO2)CC1. The van der Waals surface area contributed by atoms with E-state index in [2.05, 4.69) is 44.4 Å². The van der Waals surface area contributed by atoms with E-state index in [1.807, 2.05) is 7.05 Å². The van der Waals surface area contributed by atoms with E-state index in [9.17, 15) is 0 Å². The Kier molecular flexibility index (Phi) is 8.62. The lowest BCUT2D eigenvalue weighted by Crippen LogP contribution is -2.47. The van der Waals surface area contributed by atoms with Crippen molar-refractivity contribution < 1.29 is 9.47 Å². The number of ether oxygens (including phenoxy) is 2. The van der Waals surface area contributed by atoms with Crippen LogP contribution in [0.4, 0.5) is 0 Å². The lowest BCUT2D eigenvalue weighted by atomic mass is 10.00. The Morgan fingerprint density at radius 1 is 1.13 bits per heavy atom. The van der Waals surface area contributed by atoms with Crippen LogP contribution in [0.15, 0.2) is 29.3 Å². The number of guanidine groups is 1. The number of fused-ring (bicyclic) bond motifs is 1. The highest BCUT2D eigenvalue weighted by Crippen LogP contribution is 2.19. The average molecular weight is 429 g/mol. The van der Waals surface area contributed by atoms with Crippen molar-refractivity contribution >= 4 is 5.96 Å². The van der Waals surface area contributed by atoms with E-state index in [-0.39, 0.29) is 0 Å². The van der Waals surface area contributed by atoms with Gasteiger partial charge in [0.15, 0.2) is 5.96 Å². The van der Waals surface area contributed by atoms with Crippen molar-refractivity contribution in [2.24, 2.45) is 4.99 Å². The second kappa shape index (κ2) is 11.8. The molecule has 4 rings (SSSR count). The number of hydrogen-bond acceptors (Lipinski definition) is 4. The minimum absolute atomic E-state index is 0.314. The maximum atomic E-state index is 6.16. The van der Waals surface area contributed by atoms with Crippen molar-refractivity contribution in [1.29, 1.82) is 0 Å². The first-order valence-electron chi connectivity index (χ1n) is 12.3. The Balaban J connectivity index is 1.10. The molecule has 172 valence electrons. The first-order valence-corrected chi connectivity index (χ1v) is 12.3. The highest BCUT2D eigenvalue weighted by atomic mass is 16.5. The predicted octanol–water partition coefficient (Wildman–Crippen LogP) is 3.06. The summed E-state index contributed by atoms with van der Waals surface area (Å²) in [6, 6.07) is 8.86. The van der Waals surface area contributed by atoms with E-state index >= 15 is 0 Å². The third kappa shape index (κ3) is 6.67. The fourth-order valence-corrected chi connectivity index (χ4v) is 5.00. The normalized spacial score (nSPS) is 23.6. The number of rotatable bonds is 7. The number of piperidine rings is 1. The van der Waals surface area contributed by atoms with Gasteiger partial charge in [-0.2, -0.15) is 0 Å². The van der Waals surface area contributed by atoms with E-state index in [0.29, 0.717) is 12.2 Å². The van der Waals surface area contributed by atoms with Crippen LogP contribution in [-0.4, -0.2) is 81.0 Å². The molecule has 0 amide bonds. The van der Waals surface area contributed by atoms with Gasteiger partial charge in [0, 0.05) is 52.9 Å². The van der Waals surface area contributed by atoms with Crippen LogP contribution in [0.25, 0.3) is 0 Å². The van der Waals surface area contributed by atoms with E-state index in [0.717, 1.165) is 77.6 Å². The summed E-state index contributed by atoms with van der Waals surface area (Å²) < 4.78 is 12.0. The van der Waals surface area contributed by atoms with Gasteiger partial charge >= 0.3 is 0 Å². The summed E-state index contributed by atoms with van der Waals surface area (Å²) in [7, 11) is 1.90. The molecule has 2 fully saturated rings. The summed E-state index contributed by atoms with van der Waals surface area (Å²) in [5.41, 5.74) is 3.02. The highest BCUT2D eigenvalue weighted by molar-refractivity contribution is 5.79. The quantitative estimate of drug-likeness (QED) is 0.411. The van der Waals surface area contributed by atoms with Gasteiger partial charge in [0.2, 0.25) is 0 Å². The van der Waals surface area contributed by atoms with Crippen molar-refractivity contribution in [3.63, 3.8) is 0 Å². The molecule has 1 aromatic carbocycles. The molecule has 3 aliphatic rings. The molecule has 3 heterocycles. The molecular weight excluding hydrogens is 388 g/mol. The number of hydrogen-bond donors (Lipinski definition) is 1. The lowest BCUT2D eigenvalue weighted by Gasteiger charge is -2.35. The average Bonchev–Trinajstić information content (AvgIpc) is 2.84. The van der Waals surface area contributed by atoms with E-state index < -0.39 is 0 Å². The van der Waals surface area contributed by atoms with Crippen LogP contribution in [0.1, 0.15) is 49.7 Å². The minimum atomic E-state index is 0.314. The summed E-state index contributed by atoms with van der Waals surface area (Å²) in [5.74, 6) is 1.04. The molecule has 1 unspecified atom stereocenters. The molecule has 2 saturated heterocycles. The summed E-state index contributed by atoms with van der Waals surface area (Å²) in [4.78, 5) is 9.49. The van der Waals surface area contributed by atoms with Gasteiger partial charge in [0.25, 0.3) is 0 Å². The minimum Gasteiger partial charge on any atom is -0.376 e. The Labute approximate surface area is 188 Å². The monoisotopic (exact) mass is 428 g/mol. The highest BCUT2D eigenvalue weighted by Gasteiger charge is 2.24. The molecule has 1 N–H and O–H groups in total. The molecule has 0 bridgehead atoms. The molecular formula is C25H40N4O2. The molecule has 1 aromatic rings. The summed E-state index contributed by atoms with van der Waals surface area (Å²) in [5, 5.41) is 3.58. The summed E-state index contributed by atoms with van der Waals surface area (Å²) >= 11 is 0. The number of nitrogens with one attached hydrogen (secondary N) is 1. The molecule has 0 radical (unpaired) electrons. The van der Waals surface area contributed by atoms with Crippen LogP contribution in [0.5, 0.6) is 0 Å². The molecule has 3 aliphatic heterocycles. The Morgan fingerprint density at radius 3 is 2.74 bits per heavy atom. The van der Waals surface area contributed by atoms with Crippen molar-refractivity contribution in [2.45, 2.75) is 63.7 Å². The van der Waals surface area contributed by atoms with Gasteiger partial charge in [-0.25, -0.2) is 0 Å². The first-order chi connectivity index (χ1) is 15.3. The van der Waals surface area contributed by atoms with Gasteiger partial charge in [-0.1, -0.05) is 24.3 Å². The molecule has 31 heavy (non-hydrogen) atoms. The summed E-state index contributed by atoms with van der Waals surface area (Å²) in [6.45, 7) is 8.06. The fourth-order valence-electron chi connectivity index (χ4n) is 5.00. The van der Waals surface area contributed by atoms with Crippen LogP contribution in [0, 0.1) is 0 Å². The fraction of sp³-hybridized carbons (Fsp3) is 0.720. The molecule has 6 heteroatoms. The zero-order chi connectivity index (χ0) is 21.3. The topological polar surface area (TPSA) is 49.3 Å². The third-order valence-electron chi connectivity index (χ3n) is 6.89. The first kappa shape index (κ1) is 22.6. The van der Waals surface area contributed by atoms with Crippen molar-refractivity contribution in [2.75, 3.05) is 53.0 Å². The van der Waals surface area contributed by atoms with Crippen LogP contribution >= 0.6 is 0 Å². The Morgan fingerprint density at radius 2 is 1.97 bits per heavy atom. The lowest BCUT2D eigenvalue weighted by molar-refractivity contribution is -0.0721. The third-order valence-corrected chi connectivity index (χ3v) is 6.89. The number of benzene rings is 1. The molecule has 0 aliphatic carbocycles. The van der Waals surface area contributed by atoms with Crippen LogP contribution in [0.2, 0.25) is 0 Å². The smallest absolute Gasteiger partial charge is 0.193 e. The standard InChI is InChI=1S/C25H40N4O2/c1-26-25(27-13-6-14-28-15-10-21-7-2-3-8-22(21)19-28)29-16-11-23(12-17-29)31-20-24-9-4-5-18-30-24/h2-3,7-8,23-24H,4-6,9-20H2,1H3,(H,26,27). The van der Waals surface area contributed by atoms with E-state index in [4.69, 9.17) is 9.47 Å². The molecule has 1 atom stereocenters.